The topological polar surface area (TPSA) is 55.4 Å². The fourth-order valence-corrected chi connectivity index (χ4v) is 5.44. The molecular weight excluding hydrogens is 346 g/mol. The molecule has 0 bridgehead atoms. The Bertz CT molecular complexity index is 644. The van der Waals surface area contributed by atoms with E-state index in [1.165, 1.54) is 37.0 Å². The SMILES string of the molecule is CC(C)OC(=O)c1c(NC(=O)CCC2CCCCC2)sc2c1CCCC2. The van der Waals surface area contributed by atoms with Crippen LogP contribution in [0.2, 0.25) is 0 Å². The second kappa shape index (κ2) is 9.03. The molecule has 1 amide bonds. The second-order valence-corrected chi connectivity index (χ2v) is 9.07. The van der Waals surface area contributed by atoms with E-state index in [4.69, 9.17) is 4.74 Å². The third kappa shape index (κ3) is 4.87. The molecule has 0 aromatic carbocycles. The van der Waals surface area contributed by atoms with Gasteiger partial charge in [-0.3, -0.25) is 4.79 Å². The van der Waals surface area contributed by atoms with Crippen molar-refractivity contribution < 1.29 is 14.3 Å². The number of ether oxygens (including phenoxy) is 1. The minimum Gasteiger partial charge on any atom is -0.459 e. The van der Waals surface area contributed by atoms with Crippen molar-refractivity contribution in [3.63, 3.8) is 0 Å². The van der Waals surface area contributed by atoms with Gasteiger partial charge in [0.05, 0.1) is 11.7 Å². The first kappa shape index (κ1) is 19.4. The maximum absolute atomic E-state index is 12.6. The molecule has 5 heteroatoms. The zero-order chi connectivity index (χ0) is 18.5. The lowest BCUT2D eigenvalue weighted by atomic mass is 9.86. The summed E-state index contributed by atoms with van der Waals surface area (Å²) in [6.45, 7) is 3.72. The summed E-state index contributed by atoms with van der Waals surface area (Å²) in [6.07, 6.45) is 12.0. The van der Waals surface area contributed by atoms with Crippen molar-refractivity contribution in [2.75, 3.05) is 5.32 Å². The number of amides is 1. The van der Waals surface area contributed by atoms with Gasteiger partial charge in [0.2, 0.25) is 5.91 Å². The van der Waals surface area contributed by atoms with Gasteiger partial charge < -0.3 is 10.1 Å². The minimum atomic E-state index is -0.290. The summed E-state index contributed by atoms with van der Waals surface area (Å²) < 4.78 is 5.45. The van der Waals surface area contributed by atoms with Gasteiger partial charge in [-0.1, -0.05) is 32.1 Å². The number of carbonyl (C=O) groups is 2. The summed E-state index contributed by atoms with van der Waals surface area (Å²) in [5.41, 5.74) is 1.72. The van der Waals surface area contributed by atoms with Gasteiger partial charge in [0.25, 0.3) is 0 Å². The Balaban J connectivity index is 1.68. The maximum Gasteiger partial charge on any atom is 0.341 e. The largest absolute Gasteiger partial charge is 0.459 e. The molecule has 3 rings (SSSR count). The molecule has 0 unspecified atom stereocenters. The first-order valence-corrected chi connectivity index (χ1v) is 11.0. The molecule has 0 spiro atoms. The summed E-state index contributed by atoms with van der Waals surface area (Å²) in [7, 11) is 0. The van der Waals surface area contributed by atoms with Crippen molar-refractivity contribution in [3.8, 4) is 0 Å². The zero-order valence-electron chi connectivity index (χ0n) is 16.1. The summed E-state index contributed by atoms with van der Waals surface area (Å²) in [5, 5.41) is 3.75. The summed E-state index contributed by atoms with van der Waals surface area (Å²) >= 11 is 1.57. The van der Waals surface area contributed by atoms with Crippen LogP contribution in [-0.2, 0) is 22.4 Å². The van der Waals surface area contributed by atoms with Crippen LogP contribution in [0.25, 0.3) is 0 Å². The number of thiophene rings is 1. The van der Waals surface area contributed by atoms with E-state index in [0.717, 1.165) is 37.7 Å². The maximum atomic E-state index is 12.6. The highest BCUT2D eigenvalue weighted by atomic mass is 32.1. The van der Waals surface area contributed by atoms with Gasteiger partial charge in [-0.15, -0.1) is 11.3 Å². The number of esters is 1. The average molecular weight is 378 g/mol. The summed E-state index contributed by atoms with van der Waals surface area (Å²) in [6, 6.07) is 0. The number of carbonyl (C=O) groups excluding carboxylic acids is 2. The number of anilines is 1. The smallest absolute Gasteiger partial charge is 0.341 e. The lowest BCUT2D eigenvalue weighted by molar-refractivity contribution is -0.116. The number of nitrogens with one attached hydrogen (secondary N) is 1. The van der Waals surface area contributed by atoms with Crippen molar-refractivity contribution in [1.29, 1.82) is 0 Å². The lowest BCUT2D eigenvalue weighted by Gasteiger charge is -2.21. The van der Waals surface area contributed by atoms with Crippen molar-refractivity contribution in [3.05, 3.63) is 16.0 Å². The van der Waals surface area contributed by atoms with E-state index in [1.54, 1.807) is 11.3 Å². The lowest BCUT2D eigenvalue weighted by Crippen LogP contribution is -2.18. The molecule has 26 heavy (non-hydrogen) atoms. The molecular formula is C21H31NO3S. The third-order valence-corrected chi connectivity index (χ3v) is 6.68. The number of aryl methyl sites for hydroxylation is 1. The number of hydrogen-bond acceptors (Lipinski definition) is 4. The Morgan fingerprint density at radius 2 is 1.85 bits per heavy atom. The fourth-order valence-electron chi connectivity index (χ4n) is 4.14. The van der Waals surface area contributed by atoms with E-state index in [9.17, 15) is 9.59 Å². The number of rotatable bonds is 6. The van der Waals surface area contributed by atoms with Crippen LogP contribution < -0.4 is 5.32 Å². The van der Waals surface area contributed by atoms with Crippen LogP contribution in [0.3, 0.4) is 0 Å². The van der Waals surface area contributed by atoms with Crippen LogP contribution in [0.15, 0.2) is 0 Å². The van der Waals surface area contributed by atoms with Crippen LogP contribution >= 0.6 is 11.3 Å². The third-order valence-electron chi connectivity index (χ3n) is 5.48. The van der Waals surface area contributed by atoms with E-state index in [-0.39, 0.29) is 18.0 Å². The van der Waals surface area contributed by atoms with E-state index in [0.29, 0.717) is 22.9 Å². The monoisotopic (exact) mass is 377 g/mol. The Kier molecular flexibility index (Phi) is 6.74. The Labute approximate surface area is 160 Å². The Hall–Kier alpha value is -1.36. The first-order valence-electron chi connectivity index (χ1n) is 10.2. The highest BCUT2D eigenvalue weighted by Gasteiger charge is 2.28. The summed E-state index contributed by atoms with van der Waals surface area (Å²) in [5.74, 6) is 0.436. The van der Waals surface area contributed by atoms with Crippen LogP contribution in [-0.4, -0.2) is 18.0 Å². The van der Waals surface area contributed by atoms with Crippen LogP contribution in [0.4, 0.5) is 5.00 Å². The Morgan fingerprint density at radius 3 is 2.58 bits per heavy atom. The van der Waals surface area contributed by atoms with Gasteiger partial charge >= 0.3 is 5.97 Å². The number of fused-ring (bicyclic) bond motifs is 1. The molecule has 2 aliphatic rings. The molecule has 0 atom stereocenters. The zero-order valence-corrected chi connectivity index (χ0v) is 16.9. The molecule has 1 fully saturated rings. The van der Waals surface area contributed by atoms with Crippen molar-refractivity contribution >= 4 is 28.2 Å². The highest BCUT2D eigenvalue weighted by Crippen LogP contribution is 2.39. The average Bonchev–Trinajstić information content (AvgIpc) is 2.98. The summed E-state index contributed by atoms with van der Waals surface area (Å²) in [4.78, 5) is 26.4. The second-order valence-electron chi connectivity index (χ2n) is 7.96. The normalized spacial score (nSPS) is 17.8. The molecule has 1 heterocycles. The number of hydrogen-bond donors (Lipinski definition) is 1. The Morgan fingerprint density at radius 1 is 1.12 bits per heavy atom. The van der Waals surface area contributed by atoms with Gasteiger partial charge in [-0.2, -0.15) is 0 Å². The van der Waals surface area contributed by atoms with E-state index < -0.39 is 0 Å². The molecule has 144 valence electrons. The van der Waals surface area contributed by atoms with Crippen LogP contribution in [0, 0.1) is 5.92 Å². The molecule has 1 aromatic heterocycles. The van der Waals surface area contributed by atoms with E-state index in [2.05, 4.69) is 5.32 Å². The van der Waals surface area contributed by atoms with Crippen LogP contribution in [0.5, 0.6) is 0 Å². The van der Waals surface area contributed by atoms with Gasteiger partial charge in [-0.05, 0) is 57.4 Å². The molecule has 4 nitrogen and oxygen atoms in total. The van der Waals surface area contributed by atoms with Crippen molar-refractivity contribution in [2.24, 2.45) is 5.92 Å². The predicted octanol–water partition coefficient (Wildman–Crippen LogP) is 5.49. The first-order chi connectivity index (χ1) is 12.5. The molecule has 0 radical (unpaired) electrons. The van der Waals surface area contributed by atoms with E-state index in [1.807, 2.05) is 13.8 Å². The van der Waals surface area contributed by atoms with E-state index >= 15 is 0 Å². The van der Waals surface area contributed by atoms with Gasteiger partial charge in [0, 0.05) is 11.3 Å². The van der Waals surface area contributed by atoms with Gasteiger partial charge in [0.15, 0.2) is 0 Å². The van der Waals surface area contributed by atoms with Gasteiger partial charge in [0.1, 0.15) is 5.00 Å². The van der Waals surface area contributed by atoms with Gasteiger partial charge in [-0.25, -0.2) is 4.79 Å². The molecule has 2 aliphatic carbocycles. The van der Waals surface area contributed by atoms with Crippen molar-refractivity contribution in [1.82, 2.24) is 0 Å². The molecule has 0 saturated heterocycles. The predicted molar refractivity (Wildman–Crippen MR) is 106 cm³/mol. The molecule has 0 aliphatic heterocycles. The standard InChI is InChI=1S/C21H31NO3S/c1-14(2)25-21(24)19-16-10-6-7-11-17(16)26-20(19)22-18(23)13-12-15-8-4-3-5-9-15/h14-15H,3-13H2,1-2H3,(H,22,23). The minimum absolute atomic E-state index is 0.0350. The molecule has 1 N–H and O–H groups in total. The highest BCUT2D eigenvalue weighted by molar-refractivity contribution is 7.17. The van der Waals surface area contributed by atoms with Crippen LogP contribution in [0.1, 0.15) is 92.4 Å². The quantitative estimate of drug-likeness (QED) is 0.667. The fraction of sp³-hybridized carbons (Fsp3) is 0.714. The molecule has 1 saturated carbocycles. The molecule has 1 aromatic rings. The van der Waals surface area contributed by atoms with Crippen molar-refractivity contribution in [2.45, 2.75) is 90.6 Å².